The zero-order valence-corrected chi connectivity index (χ0v) is 33.3. The molecule has 10 aromatic rings. The van der Waals surface area contributed by atoms with Crippen molar-refractivity contribution < 1.29 is 0 Å². The van der Waals surface area contributed by atoms with Crippen LogP contribution in [-0.2, 0) is 6.42 Å². The van der Waals surface area contributed by atoms with E-state index in [9.17, 15) is 0 Å². The average molecular weight is 784 g/mol. The lowest BCUT2D eigenvalue weighted by atomic mass is 9.60. The summed E-state index contributed by atoms with van der Waals surface area (Å²) in [4.78, 5) is 30.6. The maximum Gasteiger partial charge on any atom is 0.164 e. The smallest absolute Gasteiger partial charge is 0.164 e. The van der Waals surface area contributed by atoms with Crippen molar-refractivity contribution in [2.45, 2.75) is 25.2 Å². The van der Waals surface area contributed by atoms with E-state index in [4.69, 9.17) is 29.9 Å². The molecule has 0 amide bonds. The fraction of sp³-hybridized carbons (Fsp3) is 0.0741. The Labute approximate surface area is 353 Å². The lowest BCUT2D eigenvalue weighted by Crippen LogP contribution is -2.27. The molecule has 2 bridgehead atoms. The van der Waals surface area contributed by atoms with Gasteiger partial charge >= 0.3 is 0 Å². The van der Waals surface area contributed by atoms with Crippen LogP contribution in [0.4, 0.5) is 0 Å². The molecule has 3 aliphatic rings. The van der Waals surface area contributed by atoms with E-state index in [0.29, 0.717) is 23.3 Å². The van der Waals surface area contributed by atoms with Crippen molar-refractivity contribution in [2.24, 2.45) is 0 Å². The van der Waals surface area contributed by atoms with Crippen LogP contribution in [0.5, 0.6) is 0 Å². The van der Waals surface area contributed by atoms with Crippen molar-refractivity contribution >= 4 is 11.0 Å². The first-order chi connectivity index (χ1) is 30.2. The Bertz CT molecular complexity index is 3250. The van der Waals surface area contributed by atoms with Gasteiger partial charge in [0.15, 0.2) is 23.3 Å². The van der Waals surface area contributed by atoms with Gasteiger partial charge in [0, 0.05) is 52.1 Å². The lowest BCUT2D eigenvalue weighted by molar-refractivity contribution is 0.754. The molecule has 3 heterocycles. The fourth-order valence-corrected chi connectivity index (χ4v) is 9.44. The van der Waals surface area contributed by atoms with Crippen LogP contribution < -0.4 is 0 Å². The van der Waals surface area contributed by atoms with E-state index in [2.05, 4.69) is 133 Å². The van der Waals surface area contributed by atoms with E-state index in [0.717, 1.165) is 62.6 Å². The summed E-state index contributed by atoms with van der Waals surface area (Å²) < 4.78 is 2.19. The number of aryl methyl sites for hydroxylation is 1. The quantitative estimate of drug-likeness (QED) is 0.160. The minimum absolute atomic E-state index is 0.0505. The Morgan fingerprint density at radius 1 is 0.377 bits per heavy atom. The van der Waals surface area contributed by atoms with Gasteiger partial charge in [-0.05, 0) is 57.6 Å². The molecule has 0 N–H and O–H groups in total. The molecular formula is C54H37N7. The average Bonchev–Trinajstić information content (AvgIpc) is 3.73. The van der Waals surface area contributed by atoms with E-state index in [1.807, 2.05) is 60.7 Å². The van der Waals surface area contributed by atoms with Crippen molar-refractivity contribution in [1.29, 1.82) is 0 Å². The molecule has 7 aromatic carbocycles. The molecule has 3 aliphatic carbocycles. The van der Waals surface area contributed by atoms with Gasteiger partial charge in [-0.15, -0.1) is 0 Å². The molecule has 0 radical (unpaired) electrons. The third-order valence-electron chi connectivity index (χ3n) is 12.2. The first-order valence-corrected chi connectivity index (χ1v) is 20.8. The predicted molar refractivity (Wildman–Crippen MR) is 241 cm³/mol. The summed E-state index contributed by atoms with van der Waals surface area (Å²) in [6.45, 7) is 2.14. The van der Waals surface area contributed by atoms with Gasteiger partial charge in [-0.2, -0.15) is 0 Å². The van der Waals surface area contributed by atoms with Crippen molar-refractivity contribution in [3.63, 3.8) is 0 Å². The number of hydrogen-bond donors (Lipinski definition) is 0. The highest BCUT2D eigenvalue weighted by atomic mass is 15.2. The zero-order valence-electron chi connectivity index (χ0n) is 33.3. The van der Waals surface area contributed by atoms with Crippen molar-refractivity contribution in [3.05, 3.63) is 221 Å². The third kappa shape index (κ3) is 5.80. The molecule has 7 nitrogen and oxygen atoms in total. The second kappa shape index (κ2) is 14.1. The fourth-order valence-electron chi connectivity index (χ4n) is 9.44. The standard InChI is InChI=1S/C54H37N7/c1-2-47-55-44-24-14-15-25-46(44)61(47)48-32-45(56-51(57-48)33-16-6-3-7-17-33)36-26-28-40-42(30-36)49-38-22-12-13-23-39(38)50(40)43-31-37(27-29-41(43)49)54-59-52(34-18-8-4-9-19-34)58-53(60-54)35-20-10-5-11-21-35/h3-32,49-50H,2H2,1H3. The van der Waals surface area contributed by atoms with Crippen LogP contribution >= 0.6 is 0 Å². The van der Waals surface area contributed by atoms with Gasteiger partial charge < -0.3 is 0 Å². The van der Waals surface area contributed by atoms with Gasteiger partial charge in [-0.3, -0.25) is 4.57 Å². The minimum Gasteiger partial charge on any atom is -0.280 e. The number of imidazole rings is 1. The molecule has 288 valence electrons. The van der Waals surface area contributed by atoms with Gasteiger partial charge in [0.05, 0.1) is 16.7 Å². The molecular weight excluding hydrogens is 747 g/mol. The Balaban J connectivity index is 1.00. The second-order valence-electron chi connectivity index (χ2n) is 15.7. The molecule has 0 fully saturated rings. The summed E-state index contributed by atoms with van der Waals surface area (Å²) in [5.41, 5.74) is 15.7. The Hall–Kier alpha value is -7.90. The summed E-state index contributed by atoms with van der Waals surface area (Å²) in [5.74, 6) is 4.52. The first-order valence-electron chi connectivity index (χ1n) is 20.8. The van der Waals surface area contributed by atoms with Crippen LogP contribution in [0, 0.1) is 0 Å². The van der Waals surface area contributed by atoms with Gasteiger partial charge in [-0.25, -0.2) is 29.9 Å². The zero-order chi connectivity index (χ0) is 40.4. The molecule has 7 heteroatoms. The van der Waals surface area contributed by atoms with Gasteiger partial charge in [0.1, 0.15) is 11.6 Å². The molecule has 0 saturated carbocycles. The van der Waals surface area contributed by atoms with Crippen molar-refractivity contribution in [2.75, 3.05) is 0 Å². The van der Waals surface area contributed by atoms with Crippen molar-refractivity contribution in [1.82, 2.24) is 34.5 Å². The second-order valence-corrected chi connectivity index (χ2v) is 15.7. The maximum atomic E-state index is 5.26. The molecule has 61 heavy (non-hydrogen) atoms. The summed E-state index contributed by atoms with van der Waals surface area (Å²) in [7, 11) is 0. The summed E-state index contributed by atoms with van der Waals surface area (Å²) in [5, 5.41) is 0. The van der Waals surface area contributed by atoms with Crippen molar-refractivity contribution in [3.8, 4) is 62.6 Å². The number of para-hydroxylation sites is 2. The Morgan fingerprint density at radius 3 is 1.41 bits per heavy atom. The highest BCUT2D eigenvalue weighted by Gasteiger charge is 2.41. The van der Waals surface area contributed by atoms with Crippen LogP contribution in [-0.4, -0.2) is 34.5 Å². The molecule has 2 atom stereocenters. The molecule has 3 aromatic heterocycles. The lowest BCUT2D eigenvalue weighted by Gasteiger charge is -2.42. The summed E-state index contributed by atoms with van der Waals surface area (Å²) >= 11 is 0. The largest absolute Gasteiger partial charge is 0.280 e. The van der Waals surface area contributed by atoms with Crippen LogP contribution in [0.3, 0.4) is 0 Å². The molecule has 0 spiro atoms. The minimum atomic E-state index is 0.0505. The summed E-state index contributed by atoms with van der Waals surface area (Å²) in [6, 6.07) is 63.6. The summed E-state index contributed by atoms with van der Waals surface area (Å²) in [6.07, 6.45) is 0.771. The number of aromatic nitrogens is 7. The number of benzene rings is 7. The van der Waals surface area contributed by atoms with E-state index in [-0.39, 0.29) is 11.8 Å². The molecule has 2 unspecified atom stereocenters. The Kier molecular flexibility index (Phi) is 8.13. The predicted octanol–water partition coefficient (Wildman–Crippen LogP) is 11.9. The van der Waals surface area contributed by atoms with E-state index < -0.39 is 0 Å². The SMILES string of the molecule is CCc1nc2ccccc2n1-c1cc(-c2ccc3c(c2)C2c4ccccc4C3c3cc(-c4nc(-c5ccccc5)nc(-c5ccccc5)n4)ccc32)nc(-c2ccccc2)n1. The van der Waals surface area contributed by atoms with Gasteiger partial charge in [0.2, 0.25) is 0 Å². The van der Waals surface area contributed by atoms with Crippen LogP contribution in [0.25, 0.3) is 73.7 Å². The highest BCUT2D eigenvalue weighted by molar-refractivity contribution is 5.80. The number of nitrogens with zero attached hydrogens (tertiary/aromatic N) is 7. The van der Waals surface area contributed by atoms with E-state index >= 15 is 0 Å². The molecule has 0 aliphatic heterocycles. The highest BCUT2D eigenvalue weighted by Crippen LogP contribution is 2.56. The van der Waals surface area contributed by atoms with E-state index in [1.54, 1.807) is 0 Å². The number of rotatable bonds is 7. The van der Waals surface area contributed by atoms with E-state index in [1.165, 1.54) is 33.4 Å². The van der Waals surface area contributed by atoms with Crippen LogP contribution in [0.1, 0.15) is 58.0 Å². The number of fused-ring (bicyclic) bond motifs is 1. The van der Waals surface area contributed by atoms with Gasteiger partial charge in [-0.1, -0.05) is 159 Å². The van der Waals surface area contributed by atoms with Crippen LogP contribution in [0.15, 0.2) is 182 Å². The third-order valence-corrected chi connectivity index (χ3v) is 12.2. The maximum absolute atomic E-state index is 5.26. The van der Waals surface area contributed by atoms with Crippen LogP contribution in [0.2, 0.25) is 0 Å². The first kappa shape index (κ1) is 35.1. The normalized spacial score (nSPS) is 14.7. The molecule has 13 rings (SSSR count). The molecule has 0 saturated heterocycles. The monoisotopic (exact) mass is 783 g/mol. The topological polar surface area (TPSA) is 82.3 Å². The van der Waals surface area contributed by atoms with Gasteiger partial charge in [0.25, 0.3) is 0 Å². The number of hydrogen-bond acceptors (Lipinski definition) is 6. The Morgan fingerprint density at radius 2 is 0.836 bits per heavy atom.